The summed E-state index contributed by atoms with van der Waals surface area (Å²) in [7, 11) is 0. The molecule has 0 saturated carbocycles. The highest BCUT2D eigenvalue weighted by atomic mass is 16.2. The van der Waals surface area contributed by atoms with Gasteiger partial charge in [0.1, 0.15) is 11.3 Å². The van der Waals surface area contributed by atoms with E-state index < -0.39 is 0 Å². The highest BCUT2D eigenvalue weighted by molar-refractivity contribution is 6.04. The lowest BCUT2D eigenvalue weighted by Gasteiger charge is -2.04. The van der Waals surface area contributed by atoms with Crippen LogP contribution in [0.1, 0.15) is 27.3 Å². The van der Waals surface area contributed by atoms with E-state index in [1.807, 2.05) is 49.5 Å². The van der Waals surface area contributed by atoms with Gasteiger partial charge in [-0.2, -0.15) is 10.4 Å². The molecular formula is C20H16N6O. The number of hydrogen-bond acceptors (Lipinski definition) is 4. The van der Waals surface area contributed by atoms with E-state index in [4.69, 9.17) is 5.26 Å². The van der Waals surface area contributed by atoms with Crippen LogP contribution in [0.3, 0.4) is 0 Å². The zero-order chi connectivity index (χ0) is 18.8. The van der Waals surface area contributed by atoms with Crippen LogP contribution in [0.4, 0.5) is 5.69 Å². The van der Waals surface area contributed by atoms with Crippen LogP contribution in [0.25, 0.3) is 5.65 Å². The van der Waals surface area contributed by atoms with Gasteiger partial charge < -0.3 is 5.32 Å². The molecule has 0 saturated heterocycles. The summed E-state index contributed by atoms with van der Waals surface area (Å²) in [5.74, 6) is -0.239. The van der Waals surface area contributed by atoms with Crippen molar-refractivity contribution in [3.05, 3.63) is 83.6 Å². The lowest BCUT2D eigenvalue weighted by molar-refractivity contribution is 0.102. The highest BCUT2D eigenvalue weighted by Crippen LogP contribution is 2.15. The van der Waals surface area contributed by atoms with Crippen LogP contribution in [-0.2, 0) is 6.54 Å². The molecule has 0 aliphatic heterocycles. The molecule has 27 heavy (non-hydrogen) atoms. The Balaban J connectivity index is 1.53. The summed E-state index contributed by atoms with van der Waals surface area (Å²) in [5, 5.41) is 16.1. The number of nitriles is 1. The summed E-state index contributed by atoms with van der Waals surface area (Å²) in [4.78, 5) is 17.1. The molecule has 132 valence electrons. The van der Waals surface area contributed by atoms with E-state index in [0.29, 0.717) is 29.2 Å². The lowest BCUT2D eigenvalue weighted by atomic mass is 10.1. The minimum Gasteiger partial charge on any atom is -0.318 e. The van der Waals surface area contributed by atoms with E-state index in [1.54, 1.807) is 27.5 Å². The van der Waals surface area contributed by atoms with Crippen molar-refractivity contribution >= 4 is 17.2 Å². The Morgan fingerprint density at radius 3 is 3.00 bits per heavy atom. The van der Waals surface area contributed by atoms with Crippen molar-refractivity contribution < 1.29 is 4.79 Å². The predicted octanol–water partition coefficient (Wildman–Crippen LogP) is 3.01. The normalized spacial score (nSPS) is 10.7. The summed E-state index contributed by atoms with van der Waals surface area (Å²) in [6, 6.07) is 15.1. The number of fused-ring (bicyclic) bond motifs is 1. The average Bonchev–Trinajstić information content (AvgIpc) is 3.24. The molecule has 0 atom stereocenters. The van der Waals surface area contributed by atoms with E-state index >= 15 is 0 Å². The fourth-order valence-corrected chi connectivity index (χ4v) is 3.02. The van der Waals surface area contributed by atoms with E-state index in [0.717, 1.165) is 11.2 Å². The molecular weight excluding hydrogens is 340 g/mol. The molecule has 0 unspecified atom stereocenters. The van der Waals surface area contributed by atoms with Gasteiger partial charge in [-0.15, -0.1) is 0 Å². The zero-order valence-corrected chi connectivity index (χ0v) is 14.6. The number of nitrogens with one attached hydrogen (secondary N) is 1. The summed E-state index contributed by atoms with van der Waals surface area (Å²) in [5.41, 5.74) is 4.07. The van der Waals surface area contributed by atoms with Crippen LogP contribution >= 0.6 is 0 Å². The van der Waals surface area contributed by atoms with Gasteiger partial charge in [0.05, 0.1) is 35.8 Å². The monoisotopic (exact) mass is 356 g/mol. The van der Waals surface area contributed by atoms with Crippen molar-refractivity contribution in [1.29, 1.82) is 5.26 Å². The smallest absolute Gasteiger partial charge is 0.274 e. The lowest BCUT2D eigenvalue weighted by Crippen LogP contribution is -2.15. The Hall–Kier alpha value is -3.92. The molecule has 0 radical (unpaired) electrons. The molecule has 0 aliphatic carbocycles. The van der Waals surface area contributed by atoms with Gasteiger partial charge in [-0.3, -0.25) is 13.9 Å². The first-order valence-electron chi connectivity index (χ1n) is 8.40. The second kappa shape index (κ2) is 6.77. The molecule has 0 fully saturated rings. The first kappa shape index (κ1) is 16.5. The fraction of sp³-hybridized carbons (Fsp3) is 0.100. The van der Waals surface area contributed by atoms with E-state index in [-0.39, 0.29) is 5.91 Å². The molecule has 0 bridgehead atoms. The number of amides is 1. The number of carbonyl (C=O) groups is 1. The number of aromatic nitrogens is 4. The van der Waals surface area contributed by atoms with Crippen molar-refractivity contribution in [2.24, 2.45) is 0 Å². The maximum absolute atomic E-state index is 12.7. The minimum absolute atomic E-state index is 0.239. The van der Waals surface area contributed by atoms with Crippen LogP contribution in [0.2, 0.25) is 0 Å². The Bertz CT molecular complexity index is 1180. The van der Waals surface area contributed by atoms with Crippen molar-refractivity contribution in [2.75, 3.05) is 5.32 Å². The molecule has 4 rings (SSSR count). The third kappa shape index (κ3) is 3.28. The number of carbonyl (C=O) groups excluding carboxylic acids is 1. The Morgan fingerprint density at radius 1 is 1.26 bits per heavy atom. The minimum atomic E-state index is -0.239. The second-order valence-corrected chi connectivity index (χ2v) is 6.17. The van der Waals surface area contributed by atoms with Crippen molar-refractivity contribution in [3.8, 4) is 6.07 Å². The van der Waals surface area contributed by atoms with Crippen molar-refractivity contribution in [1.82, 2.24) is 19.2 Å². The van der Waals surface area contributed by atoms with Gasteiger partial charge in [0.2, 0.25) is 0 Å². The Labute approximate surface area is 155 Å². The first-order chi connectivity index (χ1) is 13.1. The topological polar surface area (TPSA) is 88.0 Å². The molecule has 1 N–H and O–H groups in total. The summed E-state index contributed by atoms with van der Waals surface area (Å²) < 4.78 is 3.48. The van der Waals surface area contributed by atoms with Crippen molar-refractivity contribution in [3.63, 3.8) is 0 Å². The van der Waals surface area contributed by atoms with Crippen LogP contribution < -0.4 is 5.32 Å². The van der Waals surface area contributed by atoms with Crippen LogP contribution in [0.5, 0.6) is 0 Å². The maximum Gasteiger partial charge on any atom is 0.274 e. The van der Waals surface area contributed by atoms with Crippen LogP contribution in [-0.4, -0.2) is 25.1 Å². The summed E-state index contributed by atoms with van der Waals surface area (Å²) >= 11 is 0. The largest absolute Gasteiger partial charge is 0.318 e. The van der Waals surface area contributed by atoms with Gasteiger partial charge in [0, 0.05) is 12.4 Å². The molecule has 3 aromatic heterocycles. The molecule has 7 nitrogen and oxygen atoms in total. The molecule has 1 aromatic carbocycles. The quantitative estimate of drug-likeness (QED) is 0.609. The average molecular weight is 356 g/mol. The third-order valence-electron chi connectivity index (χ3n) is 4.21. The zero-order valence-electron chi connectivity index (χ0n) is 14.6. The van der Waals surface area contributed by atoms with E-state index in [2.05, 4.69) is 21.5 Å². The summed E-state index contributed by atoms with van der Waals surface area (Å²) in [6.45, 7) is 2.33. The number of imidazole rings is 1. The molecule has 4 aromatic rings. The highest BCUT2D eigenvalue weighted by Gasteiger charge is 2.17. The van der Waals surface area contributed by atoms with Crippen molar-refractivity contribution in [2.45, 2.75) is 13.5 Å². The van der Waals surface area contributed by atoms with Gasteiger partial charge in [0.25, 0.3) is 5.91 Å². The molecule has 7 heteroatoms. The number of rotatable bonds is 4. The number of benzene rings is 1. The molecule has 1 amide bonds. The Kier molecular flexibility index (Phi) is 4.15. The summed E-state index contributed by atoms with van der Waals surface area (Å²) in [6.07, 6.45) is 5.18. The maximum atomic E-state index is 12.7. The first-order valence-corrected chi connectivity index (χ1v) is 8.40. The molecule has 3 heterocycles. The van der Waals surface area contributed by atoms with Gasteiger partial charge >= 0.3 is 0 Å². The standard InChI is InChI=1S/C20H16N6O/c1-14-19(26-8-3-2-7-18(26)23-14)20(27)24-17-11-22-25(13-17)12-16-6-4-5-15(9-16)10-21/h2-9,11,13H,12H2,1H3,(H,24,27). The Morgan fingerprint density at radius 2 is 2.15 bits per heavy atom. The number of anilines is 1. The van der Waals surface area contributed by atoms with Gasteiger partial charge in [0.15, 0.2) is 0 Å². The van der Waals surface area contributed by atoms with Crippen LogP contribution in [0.15, 0.2) is 61.1 Å². The van der Waals surface area contributed by atoms with Gasteiger partial charge in [-0.25, -0.2) is 4.98 Å². The molecule has 0 aliphatic rings. The van der Waals surface area contributed by atoms with Crippen LogP contribution in [0, 0.1) is 18.3 Å². The number of aryl methyl sites for hydroxylation is 1. The second-order valence-electron chi connectivity index (χ2n) is 6.17. The van der Waals surface area contributed by atoms with E-state index in [9.17, 15) is 4.79 Å². The SMILES string of the molecule is Cc1nc2ccccn2c1C(=O)Nc1cnn(Cc2cccc(C#N)c2)c1. The van der Waals surface area contributed by atoms with E-state index in [1.165, 1.54) is 0 Å². The van der Waals surface area contributed by atoms with Gasteiger partial charge in [-0.1, -0.05) is 18.2 Å². The predicted molar refractivity (Wildman–Crippen MR) is 100 cm³/mol. The fourth-order valence-electron chi connectivity index (χ4n) is 3.02. The number of nitrogens with zero attached hydrogens (tertiary/aromatic N) is 5. The number of hydrogen-bond donors (Lipinski definition) is 1. The number of pyridine rings is 1. The molecule has 0 spiro atoms. The van der Waals surface area contributed by atoms with Gasteiger partial charge in [-0.05, 0) is 36.8 Å². The third-order valence-corrected chi connectivity index (χ3v) is 4.21.